The molecule has 1 aliphatic heterocycles. The number of aryl methyl sites for hydroxylation is 1. The molecule has 0 amide bonds. The summed E-state index contributed by atoms with van der Waals surface area (Å²) >= 11 is 0. The van der Waals surface area contributed by atoms with Crippen LogP contribution in [0.15, 0.2) is 48.5 Å². The van der Waals surface area contributed by atoms with Crippen LogP contribution in [0, 0.1) is 11.6 Å². The molecule has 1 aromatic heterocycles. The summed E-state index contributed by atoms with van der Waals surface area (Å²) in [5.74, 6) is -0.369. The van der Waals surface area contributed by atoms with Crippen molar-refractivity contribution >= 4 is 21.7 Å². The molecule has 2 heterocycles. The van der Waals surface area contributed by atoms with Crippen molar-refractivity contribution < 1.29 is 23.2 Å². The fourth-order valence-electron chi connectivity index (χ4n) is 3.67. The van der Waals surface area contributed by atoms with Gasteiger partial charge in [-0.3, -0.25) is 0 Å². The first-order chi connectivity index (χ1) is 12.1. The second kappa shape index (κ2) is 4.66. The van der Waals surface area contributed by atoms with E-state index in [1.54, 1.807) is 23.7 Å². The quantitative estimate of drug-likeness (QED) is 0.332. The number of hydrogen-bond acceptors (Lipinski definition) is 2. The maximum absolute atomic E-state index is 14.7. The van der Waals surface area contributed by atoms with Crippen LogP contribution in [-0.4, -0.2) is 5.11 Å². The average Bonchev–Trinajstić information content (AvgIpc) is 2.60. The summed E-state index contributed by atoms with van der Waals surface area (Å²) in [7, 11) is 1.70. The molecule has 0 radical (unpaired) electrons. The van der Waals surface area contributed by atoms with Crippen LogP contribution in [-0.2, 0) is 7.05 Å². The lowest BCUT2D eigenvalue weighted by Crippen LogP contribution is -2.34. The van der Waals surface area contributed by atoms with E-state index in [-0.39, 0.29) is 5.52 Å². The summed E-state index contributed by atoms with van der Waals surface area (Å²) in [4.78, 5) is 0. The highest BCUT2D eigenvalue weighted by molar-refractivity contribution is 6.12. The van der Waals surface area contributed by atoms with Crippen LogP contribution in [0.3, 0.4) is 0 Å². The summed E-state index contributed by atoms with van der Waals surface area (Å²) in [5, 5.41) is 12.0. The Morgan fingerprint density at radius 1 is 0.960 bits per heavy atom. The molecule has 0 saturated carbocycles. The highest BCUT2D eigenvalue weighted by Gasteiger charge is 2.32. The van der Waals surface area contributed by atoms with Gasteiger partial charge in [-0.1, -0.05) is 12.1 Å². The lowest BCUT2D eigenvalue weighted by molar-refractivity contribution is -0.633. The van der Waals surface area contributed by atoms with Crippen LogP contribution in [0.25, 0.3) is 32.9 Å². The molecule has 5 rings (SSSR count). The molecule has 0 atom stereocenters. The molecule has 0 bridgehead atoms. The number of rotatable bonds is 0. The van der Waals surface area contributed by atoms with Gasteiger partial charge in [-0.15, -0.1) is 0 Å². The zero-order valence-electron chi connectivity index (χ0n) is 13.2. The van der Waals surface area contributed by atoms with E-state index >= 15 is 0 Å². The number of nitrogens with zero attached hydrogens (tertiary/aromatic N) is 1. The van der Waals surface area contributed by atoms with Crippen molar-refractivity contribution in [2.45, 2.75) is 0 Å². The van der Waals surface area contributed by atoms with Crippen LogP contribution >= 0.6 is 0 Å². The lowest BCUT2D eigenvalue weighted by atomic mass is 9.96. The monoisotopic (exact) mass is 336 g/mol. The standard InChI is InChI=1S/C20H11F2NO2/c1-23-19-13-9-10(21)5-8-15(13)25-16-4-2-3-11(17(16)19)12-6-7-14(24)18(22)20(12)23/h2-9H,1H3/p+1. The van der Waals surface area contributed by atoms with E-state index in [0.717, 1.165) is 10.8 Å². The van der Waals surface area contributed by atoms with E-state index in [2.05, 4.69) is 0 Å². The van der Waals surface area contributed by atoms with E-state index in [1.807, 2.05) is 18.2 Å². The number of halogens is 2. The number of hydrogen-bond donors (Lipinski definition) is 1. The first kappa shape index (κ1) is 14.2. The number of aromatic nitrogens is 1. The van der Waals surface area contributed by atoms with Gasteiger partial charge in [-0.25, -0.2) is 4.39 Å². The van der Waals surface area contributed by atoms with E-state index in [1.165, 1.54) is 18.2 Å². The Kier molecular flexibility index (Phi) is 2.64. The number of ether oxygens (including phenoxy) is 1. The normalized spacial score (nSPS) is 12.3. The third kappa shape index (κ3) is 1.75. The summed E-state index contributed by atoms with van der Waals surface area (Å²) in [5.41, 5.74) is 1.47. The van der Waals surface area contributed by atoms with E-state index < -0.39 is 17.4 Å². The fraction of sp³-hybridized carbons (Fsp3) is 0.0500. The minimum atomic E-state index is -0.701. The molecular weight excluding hydrogens is 324 g/mol. The topological polar surface area (TPSA) is 33.3 Å². The van der Waals surface area contributed by atoms with Gasteiger partial charge in [-0.05, 0) is 36.4 Å². The number of aromatic hydroxyl groups is 1. The zero-order chi connectivity index (χ0) is 17.3. The summed E-state index contributed by atoms with van der Waals surface area (Å²) < 4.78 is 36.2. The molecule has 1 aliphatic rings. The van der Waals surface area contributed by atoms with Gasteiger partial charge in [0.15, 0.2) is 5.75 Å². The largest absolute Gasteiger partial charge is 0.505 e. The van der Waals surface area contributed by atoms with Crippen molar-refractivity contribution in [3.63, 3.8) is 0 Å². The molecule has 1 N–H and O–H groups in total. The predicted molar refractivity (Wildman–Crippen MR) is 89.7 cm³/mol. The van der Waals surface area contributed by atoms with Gasteiger partial charge in [0.1, 0.15) is 24.4 Å². The third-order valence-corrected chi connectivity index (χ3v) is 4.74. The summed E-state index contributed by atoms with van der Waals surface area (Å²) in [6, 6.07) is 12.8. The Labute approximate surface area is 141 Å². The Morgan fingerprint density at radius 2 is 1.80 bits per heavy atom. The first-order valence-electron chi connectivity index (χ1n) is 7.80. The molecular formula is C20H12F2NO2+. The van der Waals surface area contributed by atoms with Gasteiger partial charge >= 0.3 is 0 Å². The molecule has 3 nitrogen and oxygen atoms in total. The van der Waals surface area contributed by atoms with Crippen LogP contribution < -0.4 is 9.30 Å². The summed E-state index contributed by atoms with van der Waals surface area (Å²) in [6.07, 6.45) is 0. The predicted octanol–water partition coefficient (Wildman–Crippen LogP) is 4.57. The highest BCUT2D eigenvalue weighted by atomic mass is 19.1. The third-order valence-electron chi connectivity index (χ3n) is 4.74. The molecule has 0 unspecified atom stereocenters. The van der Waals surface area contributed by atoms with Crippen LogP contribution in [0.5, 0.6) is 17.2 Å². The average molecular weight is 336 g/mol. The van der Waals surface area contributed by atoms with Crippen LogP contribution in [0.1, 0.15) is 0 Å². The van der Waals surface area contributed by atoms with Crippen molar-refractivity contribution in [3.05, 3.63) is 60.2 Å². The van der Waals surface area contributed by atoms with Gasteiger partial charge in [0.25, 0.3) is 5.52 Å². The second-order valence-electron chi connectivity index (χ2n) is 6.12. The Hall–Kier alpha value is -3.21. The lowest BCUT2D eigenvalue weighted by Gasteiger charge is -2.20. The SMILES string of the molecule is C[n+]1c2c3c(cccc3c3ccc(O)c(F)c31)Oc1ccc(F)cc1-2. The zero-order valence-corrected chi connectivity index (χ0v) is 13.2. The van der Waals surface area contributed by atoms with Crippen molar-refractivity contribution in [3.8, 4) is 28.5 Å². The molecule has 0 aliphatic carbocycles. The van der Waals surface area contributed by atoms with Crippen molar-refractivity contribution in [2.75, 3.05) is 0 Å². The van der Waals surface area contributed by atoms with E-state index in [9.17, 15) is 13.9 Å². The fourth-order valence-corrected chi connectivity index (χ4v) is 3.67. The summed E-state index contributed by atoms with van der Waals surface area (Å²) in [6.45, 7) is 0. The number of fused-ring (bicyclic) bond motifs is 4. The van der Waals surface area contributed by atoms with Gasteiger partial charge < -0.3 is 9.84 Å². The van der Waals surface area contributed by atoms with Crippen LogP contribution in [0.2, 0.25) is 0 Å². The number of benzene rings is 3. The number of pyridine rings is 1. The Morgan fingerprint density at radius 3 is 2.64 bits per heavy atom. The molecule has 25 heavy (non-hydrogen) atoms. The molecule has 3 aromatic carbocycles. The van der Waals surface area contributed by atoms with E-state index in [4.69, 9.17) is 4.74 Å². The molecule has 0 spiro atoms. The van der Waals surface area contributed by atoms with Crippen molar-refractivity contribution in [1.82, 2.24) is 0 Å². The maximum atomic E-state index is 14.7. The van der Waals surface area contributed by atoms with Gasteiger partial charge in [-0.2, -0.15) is 8.96 Å². The minimum absolute atomic E-state index is 0.261. The molecule has 4 aromatic rings. The van der Waals surface area contributed by atoms with Crippen molar-refractivity contribution in [2.24, 2.45) is 7.05 Å². The number of phenolic OH excluding ortho intramolecular Hbond substituents is 1. The number of phenols is 1. The second-order valence-corrected chi connectivity index (χ2v) is 6.12. The van der Waals surface area contributed by atoms with E-state index in [0.29, 0.717) is 28.1 Å². The minimum Gasteiger partial charge on any atom is -0.505 e. The van der Waals surface area contributed by atoms with Crippen molar-refractivity contribution in [1.29, 1.82) is 0 Å². The molecule has 122 valence electrons. The maximum Gasteiger partial charge on any atom is 0.253 e. The Balaban J connectivity index is 2.10. The molecule has 5 heteroatoms. The first-order valence-corrected chi connectivity index (χ1v) is 7.80. The smallest absolute Gasteiger partial charge is 0.253 e. The Bertz CT molecular complexity index is 1220. The highest BCUT2D eigenvalue weighted by Crippen LogP contribution is 2.46. The van der Waals surface area contributed by atoms with Crippen LogP contribution in [0.4, 0.5) is 8.78 Å². The molecule has 0 saturated heterocycles. The van der Waals surface area contributed by atoms with Gasteiger partial charge in [0, 0.05) is 5.39 Å². The van der Waals surface area contributed by atoms with Gasteiger partial charge in [0.2, 0.25) is 11.5 Å². The molecule has 0 fully saturated rings. The van der Waals surface area contributed by atoms with Gasteiger partial charge in [0.05, 0.1) is 16.3 Å².